The number of carbonyl (C=O) groups excluding carboxylic acids is 1. The smallest absolute Gasteiger partial charge is 0.326 e. The second-order valence-electron chi connectivity index (χ2n) is 10.4. The van der Waals surface area contributed by atoms with Crippen molar-refractivity contribution >= 4 is 35.1 Å². The highest BCUT2D eigenvalue weighted by molar-refractivity contribution is 6.30. The summed E-state index contributed by atoms with van der Waals surface area (Å²) in [4.78, 5) is 45.2. The molecule has 4 rings (SSSR count). The number of hydrogen-bond acceptors (Lipinski definition) is 5. The summed E-state index contributed by atoms with van der Waals surface area (Å²) >= 11 is 6.05. The number of benzene rings is 1. The van der Waals surface area contributed by atoms with Gasteiger partial charge < -0.3 is 15.3 Å². The number of unbranched alkanes of at least 4 members (excludes halogenated alkanes) is 2. The predicted molar refractivity (Wildman–Crippen MR) is 149 cm³/mol. The van der Waals surface area contributed by atoms with Crippen LogP contribution in [0.4, 0.5) is 5.82 Å². The molecule has 2 N–H and O–H groups in total. The van der Waals surface area contributed by atoms with Gasteiger partial charge in [-0.2, -0.15) is 0 Å². The Balaban J connectivity index is 1.73. The van der Waals surface area contributed by atoms with Gasteiger partial charge in [-0.3, -0.25) is 18.6 Å². The second-order valence-corrected chi connectivity index (χ2v) is 10.8. The Kier molecular flexibility index (Phi) is 8.76. The van der Waals surface area contributed by atoms with Gasteiger partial charge in [-0.25, -0.2) is 9.78 Å². The van der Waals surface area contributed by atoms with Crippen molar-refractivity contribution in [2.24, 2.45) is 5.92 Å². The van der Waals surface area contributed by atoms with E-state index in [4.69, 9.17) is 16.6 Å². The van der Waals surface area contributed by atoms with Crippen molar-refractivity contribution in [2.45, 2.75) is 77.9 Å². The number of nitrogens with zero attached hydrogens (tertiary/aromatic N) is 4. The van der Waals surface area contributed by atoms with Gasteiger partial charge in [-0.15, -0.1) is 0 Å². The minimum absolute atomic E-state index is 0.123. The van der Waals surface area contributed by atoms with Crippen molar-refractivity contribution in [3.63, 3.8) is 0 Å². The van der Waals surface area contributed by atoms with Gasteiger partial charge in [-0.1, -0.05) is 57.3 Å². The van der Waals surface area contributed by atoms with Crippen LogP contribution < -0.4 is 15.8 Å². The van der Waals surface area contributed by atoms with Gasteiger partial charge in [-0.05, 0) is 43.7 Å². The lowest BCUT2D eigenvalue weighted by atomic mass is 10.0. The Bertz CT molecular complexity index is 1350. The number of hydrogen-bond donors (Lipinski definition) is 2. The molecule has 10 heteroatoms. The normalized spacial score (nSPS) is 16.3. The van der Waals surface area contributed by atoms with Crippen LogP contribution in [0, 0.1) is 5.92 Å². The van der Waals surface area contributed by atoms with Gasteiger partial charge >= 0.3 is 5.97 Å². The first-order chi connectivity index (χ1) is 18.2. The van der Waals surface area contributed by atoms with Crippen molar-refractivity contribution in [1.29, 1.82) is 0 Å². The average molecular weight is 542 g/mol. The average Bonchev–Trinajstić information content (AvgIpc) is 3.53. The van der Waals surface area contributed by atoms with E-state index < -0.39 is 18.1 Å². The van der Waals surface area contributed by atoms with Crippen LogP contribution in [0.1, 0.15) is 59.3 Å². The topological polar surface area (TPSA) is 109 Å². The van der Waals surface area contributed by atoms with E-state index in [2.05, 4.69) is 12.2 Å². The Morgan fingerprint density at radius 1 is 1.21 bits per heavy atom. The highest BCUT2D eigenvalue weighted by atomic mass is 35.5. The molecule has 2 atom stereocenters. The molecule has 0 saturated carbocycles. The highest BCUT2D eigenvalue weighted by Gasteiger charge is 2.35. The van der Waals surface area contributed by atoms with Gasteiger partial charge in [0.15, 0.2) is 0 Å². The zero-order valence-electron chi connectivity index (χ0n) is 22.2. The molecular formula is C28H36ClN5O4. The van der Waals surface area contributed by atoms with Gasteiger partial charge in [0, 0.05) is 35.9 Å². The number of aryl methyl sites for hydroxylation is 1. The molecule has 9 nitrogen and oxygen atoms in total. The maximum absolute atomic E-state index is 13.3. The van der Waals surface area contributed by atoms with Crippen LogP contribution in [-0.4, -0.2) is 49.6 Å². The summed E-state index contributed by atoms with van der Waals surface area (Å²) in [6.45, 7) is 7.22. The van der Waals surface area contributed by atoms with Crippen molar-refractivity contribution in [3.8, 4) is 11.3 Å². The third kappa shape index (κ3) is 6.04. The summed E-state index contributed by atoms with van der Waals surface area (Å²) in [7, 11) is 0. The van der Waals surface area contributed by atoms with Gasteiger partial charge in [0.05, 0.1) is 5.69 Å². The molecular weight excluding hydrogens is 506 g/mol. The molecule has 0 unspecified atom stereocenters. The Labute approximate surface area is 227 Å². The minimum Gasteiger partial charge on any atom is -0.480 e. The number of halogens is 1. The first kappa shape index (κ1) is 27.7. The maximum atomic E-state index is 13.3. The molecule has 3 heterocycles. The molecule has 1 amide bonds. The molecule has 0 bridgehead atoms. The number of carboxylic acid groups (broad SMARTS) is 1. The predicted octanol–water partition coefficient (Wildman–Crippen LogP) is 4.59. The fourth-order valence-electron chi connectivity index (χ4n) is 5.09. The Morgan fingerprint density at radius 3 is 2.61 bits per heavy atom. The number of aromatic nitrogens is 3. The monoisotopic (exact) mass is 541 g/mol. The summed E-state index contributed by atoms with van der Waals surface area (Å²) in [6.07, 6.45) is 6.38. The largest absolute Gasteiger partial charge is 0.480 e. The number of aliphatic carboxylic acids is 1. The van der Waals surface area contributed by atoms with E-state index in [0.29, 0.717) is 48.2 Å². The number of fused-ring (bicyclic) bond motifs is 1. The molecule has 0 spiro atoms. The SMILES string of the molecule is CCCCCn1c(N2CCC[C@H]2C(=O)N[C@@H](CC(C)C)C(=O)O)cc(=O)n2cc(-c3ccc(Cl)cc3)nc12. The molecule has 2 aromatic heterocycles. The second kappa shape index (κ2) is 12.0. The molecule has 1 aliphatic rings. The van der Waals surface area contributed by atoms with Crippen LogP contribution >= 0.6 is 11.6 Å². The van der Waals surface area contributed by atoms with Crippen molar-refractivity contribution < 1.29 is 14.7 Å². The third-order valence-electron chi connectivity index (χ3n) is 6.99. The maximum Gasteiger partial charge on any atom is 0.326 e. The van der Waals surface area contributed by atoms with Crippen LogP contribution in [0.3, 0.4) is 0 Å². The minimum atomic E-state index is -1.04. The molecule has 1 aliphatic heterocycles. The molecule has 0 radical (unpaired) electrons. The fraction of sp³-hybridized carbons (Fsp3) is 0.500. The van der Waals surface area contributed by atoms with E-state index in [9.17, 15) is 19.5 Å². The van der Waals surface area contributed by atoms with E-state index in [0.717, 1.165) is 31.2 Å². The lowest BCUT2D eigenvalue weighted by molar-refractivity contribution is -0.142. The molecule has 38 heavy (non-hydrogen) atoms. The van der Waals surface area contributed by atoms with E-state index in [1.165, 1.54) is 0 Å². The van der Waals surface area contributed by atoms with Crippen LogP contribution in [0.15, 0.2) is 41.3 Å². The molecule has 1 aromatic carbocycles. The molecule has 204 valence electrons. The van der Waals surface area contributed by atoms with Crippen LogP contribution in [0.25, 0.3) is 17.0 Å². The van der Waals surface area contributed by atoms with Crippen LogP contribution in [0.5, 0.6) is 0 Å². The summed E-state index contributed by atoms with van der Waals surface area (Å²) < 4.78 is 3.57. The lowest BCUT2D eigenvalue weighted by Gasteiger charge is -2.30. The lowest BCUT2D eigenvalue weighted by Crippen LogP contribution is -2.50. The number of imidazole rings is 1. The first-order valence-corrected chi connectivity index (χ1v) is 13.8. The number of amides is 1. The van der Waals surface area contributed by atoms with E-state index >= 15 is 0 Å². The number of anilines is 1. The van der Waals surface area contributed by atoms with Gasteiger partial charge in [0.1, 0.15) is 17.9 Å². The number of nitrogens with one attached hydrogen (secondary N) is 1. The first-order valence-electron chi connectivity index (χ1n) is 13.4. The molecule has 1 fully saturated rings. The van der Waals surface area contributed by atoms with E-state index in [1.54, 1.807) is 28.8 Å². The third-order valence-corrected chi connectivity index (χ3v) is 7.24. The standard InChI is InChI=1S/C28H36ClN5O4/c1-4-5-6-13-33-24(32-14-7-8-23(32)26(36)30-21(27(37)38)15-18(2)3)16-25(35)34-17-22(31-28(33)34)19-9-11-20(29)12-10-19/h9-12,16-18,21,23H,4-8,13-15H2,1-3H3,(H,30,36)(H,37,38)/t21-,23-/m0/s1. The summed E-state index contributed by atoms with van der Waals surface area (Å²) in [5, 5.41) is 13.0. The molecule has 0 aliphatic carbocycles. The molecule has 1 saturated heterocycles. The Morgan fingerprint density at radius 2 is 1.95 bits per heavy atom. The Hall–Kier alpha value is -3.33. The zero-order chi connectivity index (χ0) is 27.4. The van der Waals surface area contributed by atoms with E-state index in [-0.39, 0.29) is 17.4 Å². The van der Waals surface area contributed by atoms with Crippen molar-refractivity contribution in [2.75, 3.05) is 11.4 Å². The summed E-state index contributed by atoms with van der Waals surface area (Å²) in [6, 6.07) is 7.37. The number of carboxylic acids is 1. The van der Waals surface area contributed by atoms with Crippen LogP contribution in [-0.2, 0) is 16.1 Å². The fourth-order valence-corrected chi connectivity index (χ4v) is 5.22. The number of rotatable bonds is 11. The summed E-state index contributed by atoms with van der Waals surface area (Å²) in [5.41, 5.74) is 1.28. The van der Waals surface area contributed by atoms with Crippen molar-refractivity contribution in [3.05, 3.63) is 51.9 Å². The zero-order valence-corrected chi connectivity index (χ0v) is 22.9. The van der Waals surface area contributed by atoms with E-state index in [1.807, 2.05) is 35.4 Å². The number of carbonyl (C=O) groups is 2. The van der Waals surface area contributed by atoms with Crippen LogP contribution in [0.2, 0.25) is 5.02 Å². The summed E-state index contributed by atoms with van der Waals surface area (Å²) in [5.74, 6) is -0.0876. The molecule has 3 aromatic rings. The van der Waals surface area contributed by atoms with Crippen molar-refractivity contribution in [1.82, 2.24) is 19.3 Å². The van der Waals surface area contributed by atoms with Gasteiger partial charge in [0.2, 0.25) is 11.7 Å². The van der Waals surface area contributed by atoms with Gasteiger partial charge in [0.25, 0.3) is 5.56 Å². The highest BCUT2D eigenvalue weighted by Crippen LogP contribution is 2.28. The quantitative estimate of drug-likeness (QED) is 0.344.